The number of methoxy groups -OCH3 is 1. The second kappa shape index (κ2) is 3.68. The van der Waals surface area contributed by atoms with Crippen molar-refractivity contribution in [2.24, 2.45) is 0 Å². The molecule has 0 unspecified atom stereocenters. The minimum atomic E-state index is 0.479. The average molecular weight is 242 g/mol. The molecular formula is C10H12BrNO. The smallest absolute Gasteiger partial charge is 0.123 e. The highest BCUT2D eigenvalue weighted by atomic mass is 79.9. The Labute approximate surface area is 86.4 Å². The van der Waals surface area contributed by atoms with Crippen LogP contribution >= 0.6 is 15.9 Å². The normalized spacial score (nSPS) is 20.9. The van der Waals surface area contributed by atoms with E-state index in [9.17, 15) is 0 Å². The van der Waals surface area contributed by atoms with E-state index in [4.69, 9.17) is 4.74 Å². The Bertz CT molecular complexity index is 310. The highest BCUT2D eigenvalue weighted by Gasteiger charge is 2.21. The minimum absolute atomic E-state index is 0.479. The maximum Gasteiger partial charge on any atom is 0.123 e. The van der Waals surface area contributed by atoms with Gasteiger partial charge in [0.2, 0.25) is 0 Å². The summed E-state index contributed by atoms with van der Waals surface area (Å²) in [5.41, 5.74) is 1.25. The second-order valence-corrected chi connectivity index (χ2v) is 4.10. The molecule has 0 amide bonds. The molecule has 0 bridgehead atoms. The van der Waals surface area contributed by atoms with Crippen molar-refractivity contribution in [2.45, 2.75) is 12.5 Å². The Morgan fingerprint density at radius 3 is 2.85 bits per heavy atom. The van der Waals surface area contributed by atoms with Crippen LogP contribution in [0.2, 0.25) is 0 Å². The molecule has 13 heavy (non-hydrogen) atoms. The number of hydrogen-bond donors (Lipinski definition) is 1. The quantitative estimate of drug-likeness (QED) is 0.860. The van der Waals surface area contributed by atoms with E-state index < -0.39 is 0 Å². The van der Waals surface area contributed by atoms with Gasteiger partial charge in [0.05, 0.1) is 7.11 Å². The third kappa shape index (κ3) is 1.71. The standard InChI is InChI=1S/C10H12BrNO/c1-13-10-3-2-7(11)6-8(10)9-4-5-12-9/h2-3,6,9,12H,4-5H2,1H3/t9-/m1/s1. The number of nitrogens with one attached hydrogen (secondary N) is 1. The van der Waals surface area contributed by atoms with Crippen LogP contribution in [0.5, 0.6) is 5.75 Å². The van der Waals surface area contributed by atoms with Crippen LogP contribution in [0.4, 0.5) is 0 Å². The number of ether oxygens (including phenoxy) is 1. The van der Waals surface area contributed by atoms with E-state index in [1.165, 1.54) is 12.0 Å². The van der Waals surface area contributed by atoms with Crippen LogP contribution < -0.4 is 10.1 Å². The summed E-state index contributed by atoms with van der Waals surface area (Å²) in [6.45, 7) is 1.11. The summed E-state index contributed by atoms with van der Waals surface area (Å²) < 4.78 is 6.40. The molecule has 70 valence electrons. The summed E-state index contributed by atoms with van der Waals surface area (Å²) in [6.07, 6.45) is 1.20. The van der Waals surface area contributed by atoms with Crippen LogP contribution in [0.3, 0.4) is 0 Å². The summed E-state index contributed by atoms with van der Waals surface area (Å²) in [6, 6.07) is 6.60. The first-order valence-electron chi connectivity index (χ1n) is 4.38. The first-order chi connectivity index (χ1) is 6.31. The molecule has 1 fully saturated rings. The van der Waals surface area contributed by atoms with Gasteiger partial charge in [-0.15, -0.1) is 0 Å². The van der Waals surface area contributed by atoms with Crippen molar-refractivity contribution in [2.75, 3.05) is 13.7 Å². The molecule has 1 saturated heterocycles. The van der Waals surface area contributed by atoms with Crippen molar-refractivity contribution in [3.63, 3.8) is 0 Å². The van der Waals surface area contributed by atoms with E-state index >= 15 is 0 Å². The zero-order valence-corrected chi connectivity index (χ0v) is 9.10. The highest BCUT2D eigenvalue weighted by Crippen LogP contribution is 2.32. The molecular weight excluding hydrogens is 230 g/mol. The van der Waals surface area contributed by atoms with Gasteiger partial charge in [-0.25, -0.2) is 0 Å². The molecule has 0 aromatic heterocycles. The molecule has 0 saturated carbocycles. The van der Waals surface area contributed by atoms with E-state index in [0.717, 1.165) is 16.8 Å². The zero-order chi connectivity index (χ0) is 9.26. The highest BCUT2D eigenvalue weighted by molar-refractivity contribution is 9.10. The fraction of sp³-hybridized carbons (Fsp3) is 0.400. The molecule has 0 radical (unpaired) electrons. The lowest BCUT2D eigenvalue weighted by Crippen LogP contribution is -2.35. The molecule has 1 aliphatic heterocycles. The Balaban J connectivity index is 2.33. The summed E-state index contributed by atoms with van der Waals surface area (Å²) in [7, 11) is 1.71. The minimum Gasteiger partial charge on any atom is -0.496 e. The molecule has 0 aliphatic carbocycles. The lowest BCUT2D eigenvalue weighted by molar-refractivity contribution is 0.353. The number of benzene rings is 1. The SMILES string of the molecule is COc1ccc(Br)cc1[C@H]1CCN1. The second-order valence-electron chi connectivity index (χ2n) is 3.18. The van der Waals surface area contributed by atoms with E-state index in [0.29, 0.717) is 6.04 Å². The fourth-order valence-electron chi connectivity index (χ4n) is 1.53. The number of rotatable bonds is 2. The van der Waals surface area contributed by atoms with Crippen molar-refractivity contribution in [3.8, 4) is 5.75 Å². The van der Waals surface area contributed by atoms with Gasteiger partial charge in [0.15, 0.2) is 0 Å². The van der Waals surface area contributed by atoms with Crippen LogP contribution in [0.15, 0.2) is 22.7 Å². The molecule has 1 aromatic rings. The molecule has 2 rings (SSSR count). The molecule has 2 nitrogen and oxygen atoms in total. The number of halogens is 1. The maximum atomic E-state index is 5.30. The first-order valence-corrected chi connectivity index (χ1v) is 5.17. The van der Waals surface area contributed by atoms with Gasteiger partial charge in [-0.3, -0.25) is 0 Å². The fourth-order valence-corrected chi connectivity index (χ4v) is 1.91. The van der Waals surface area contributed by atoms with Gasteiger partial charge in [0.25, 0.3) is 0 Å². The molecule has 0 spiro atoms. The predicted molar refractivity (Wildman–Crippen MR) is 56.1 cm³/mol. The Kier molecular flexibility index (Phi) is 2.56. The summed E-state index contributed by atoms with van der Waals surface area (Å²) >= 11 is 3.46. The van der Waals surface area contributed by atoms with Crippen molar-refractivity contribution >= 4 is 15.9 Å². The van der Waals surface area contributed by atoms with Crippen LogP contribution in [0.25, 0.3) is 0 Å². The van der Waals surface area contributed by atoms with Gasteiger partial charge >= 0.3 is 0 Å². The van der Waals surface area contributed by atoms with Gasteiger partial charge in [0, 0.05) is 16.1 Å². The Morgan fingerprint density at radius 1 is 1.54 bits per heavy atom. The van der Waals surface area contributed by atoms with Crippen molar-refractivity contribution in [3.05, 3.63) is 28.2 Å². The van der Waals surface area contributed by atoms with Gasteiger partial charge in [-0.1, -0.05) is 15.9 Å². The van der Waals surface area contributed by atoms with Crippen LogP contribution in [0, 0.1) is 0 Å². The van der Waals surface area contributed by atoms with E-state index in [1.54, 1.807) is 7.11 Å². The summed E-state index contributed by atoms with van der Waals surface area (Å²) in [5, 5.41) is 3.36. The molecule has 1 aliphatic rings. The summed E-state index contributed by atoms with van der Waals surface area (Å²) in [4.78, 5) is 0. The van der Waals surface area contributed by atoms with Crippen LogP contribution in [-0.2, 0) is 0 Å². The lowest BCUT2D eigenvalue weighted by Gasteiger charge is -2.29. The molecule has 1 aromatic carbocycles. The van der Waals surface area contributed by atoms with Gasteiger partial charge in [0.1, 0.15) is 5.75 Å². The Hall–Kier alpha value is -0.540. The van der Waals surface area contributed by atoms with Crippen LogP contribution in [0.1, 0.15) is 18.0 Å². The number of hydrogen-bond acceptors (Lipinski definition) is 2. The molecule has 3 heteroatoms. The van der Waals surface area contributed by atoms with E-state index in [1.807, 2.05) is 12.1 Å². The monoisotopic (exact) mass is 241 g/mol. The largest absolute Gasteiger partial charge is 0.496 e. The third-order valence-electron chi connectivity index (χ3n) is 2.39. The third-order valence-corrected chi connectivity index (χ3v) is 2.88. The lowest BCUT2D eigenvalue weighted by atomic mass is 9.97. The first kappa shape index (κ1) is 9.03. The Morgan fingerprint density at radius 2 is 2.31 bits per heavy atom. The van der Waals surface area contributed by atoms with E-state index in [-0.39, 0.29) is 0 Å². The molecule has 1 heterocycles. The van der Waals surface area contributed by atoms with Crippen molar-refractivity contribution in [1.29, 1.82) is 0 Å². The van der Waals surface area contributed by atoms with Gasteiger partial charge in [-0.2, -0.15) is 0 Å². The van der Waals surface area contributed by atoms with Crippen molar-refractivity contribution < 1.29 is 4.74 Å². The molecule has 1 N–H and O–H groups in total. The average Bonchev–Trinajstić information content (AvgIpc) is 2.02. The summed E-state index contributed by atoms with van der Waals surface area (Å²) in [5.74, 6) is 0.973. The van der Waals surface area contributed by atoms with E-state index in [2.05, 4.69) is 27.3 Å². The van der Waals surface area contributed by atoms with Gasteiger partial charge in [-0.05, 0) is 31.2 Å². The van der Waals surface area contributed by atoms with Crippen LogP contribution in [-0.4, -0.2) is 13.7 Å². The predicted octanol–water partition coefficient (Wildman–Crippen LogP) is 2.49. The van der Waals surface area contributed by atoms with Crippen molar-refractivity contribution in [1.82, 2.24) is 5.32 Å². The molecule has 1 atom stereocenters. The van der Waals surface area contributed by atoms with Gasteiger partial charge < -0.3 is 10.1 Å². The topological polar surface area (TPSA) is 21.3 Å². The maximum absolute atomic E-state index is 5.30. The zero-order valence-electron chi connectivity index (χ0n) is 7.51.